The zero-order valence-electron chi connectivity index (χ0n) is 16.1. The first-order chi connectivity index (χ1) is 13.6. The van der Waals surface area contributed by atoms with Gasteiger partial charge in [0.15, 0.2) is 5.69 Å². The number of carbonyl (C=O) groups is 1. The van der Waals surface area contributed by atoms with Crippen LogP contribution in [0.2, 0.25) is 0 Å². The van der Waals surface area contributed by atoms with E-state index in [0.29, 0.717) is 17.5 Å². The minimum Gasteiger partial charge on any atom is -0.464 e. The highest BCUT2D eigenvalue weighted by Crippen LogP contribution is 2.41. The third kappa shape index (κ3) is 3.51. The molecule has 28 heavy (non-hydrogen) atoms. The third-order valence-corrected chi connectivity index (χ3v) is 6.10. The zero-order valence-corrected chi connectivity index (χ0v) is 16.1. The van der Waals surface area contributed by atoms with E-state index in [2.05, 4.69) is 16.9 Å². The molecule has 0 aliphatic heterocycles. The van der Waals surface area contributed by atoms with E-state index < -0.39 is 5.97 Å². The topological polar surface area (TPSA) is 57.0 Å². The number of pyridine rings is 1. The maximum absolute atomic E-state index is 13.8. The summed E-state index contributed by atoms with van der Waals surface area (Å²) < 4.78 is 20.5. The Labute approximate surface area is 163 Å². The summed E-state index contributed by atoms with van der Waals surface area (Å²) in [4.78, 5) is 20.1. The first-order valence-corrected chi connectivity index (χ1v) is 9.72. The van der Waals surface area contributed by atoms with E-state index in [-0.39, 0.29) is 11.9 Å². The predicted octanol–water partition coefficient (Wildman–Crippen LogP) is 4.89. The van der Waals surface area contributed by atoms with Gasteiger partial charge >= 0.3 is 5.97 Å². The average Bonchev–Trinajstić information content (AvgIpc) is 3.22. The quantitative estimate of drug-likeness (QED) is 0.604. The molecule has 4 rings (SSSR count). The van der Waals surface area contributed by atoms with E-state index in [9.17, 15) is 9.18 Å². The number of hydrogen-bond acceptors (Lipinski definition) is 4. The van der Waals surface area contributed by atoms with Crippen LogP contribution in [0.5, 0.6) is 0 Å². The number of hydrogen-bond donors (Lipinski definition) is 0. The lowest BCUT2D eigenvalue weighted by molar-refractivity contribution is 0.0594. The van der Waals surface area contributed by atoms with Gasteiger partial charge in [0, 0.05) is 23.8 Å². The Morgan fingerprint density at radius 1 is 1.21 bits per heavy atom. The summed E-state index contributed by atoms with van der Waals surface area (Å²) in [6.45, 7) is 2.17. The Kier molecular flexibility index (Phi) is 5.11. The standard InChI is InChI=1S/C22H24FN3O2/c1-14(26-12-21(25-13-26)22(27)28-2)15-3-5-16(6-4-15)18-9-10-24-20-8-7-17(23)11-19(18)20/h7-16H,3-6H2,1-2H3. The summed E-state index contributed by atoms with van der Waals surface area (Å²) in [5, 5.41) is 0.927. The van der Waals surface area contributed by atoms with Crippen LogP contribution < -0.4 is 0 Å². The number of carbonyl (C=O) groups excluding carboxylic acids is 1. The van der Waals surface area contributed by atoms with E-state index in [4.69, 9.17) is 4.74 Å². The van der Waals surface area contributed by atoms with E-state index >= 15 is 0 Å². The number of imidazole rings is 1. The smallest absolute Gasteiger partial charge is 0.358 e. The monoisotopic (exact) mass is 381 g/mol. The van der Waals surface area contributed by atoms with Crippen LogP contribution in [0.4, 0.5) is 4.39 Å². The van der Waals surface area contributed by atoms with E-state index in [0.717, 1.165) is 36.6 Å². The van der Waals surface area contributed by atoms with Gasteiger partial charge in [-0.3, -0.25) is 4.98 Å². The van der Waals surface area contributed by atoms with Gasteiger partial charge in [0.25, 0.3) is 0 Å². The van der Waals surface area contributed by atoms with Crippen molar-refractivity contribution < 1.29 is 13.9 Å². The second-order valence-electron chi connectivity index (χ2n) is 7.61. The molecule has 5 nitrogen and oxygen atoms in total. The summed E-state index contributed by atoms with van der Waals surface area (Å²) >= 11 is 0. The van der Waals surface area contributed by atoms with Crippen LogP contribution in [-0.4, -0.2) is 27.6 Å². The van der Waals surface area contributed by atoms with Crippen LogP contribution in [0.3, 0.4) is 0 Å². The van der Waals surface area contributed by atoms with Gasteiger partial charge in [-0.2, -0.15) is 0 Å². The van der Waals surface area contributed by atoms with E-state index in [1.165, 1.54) is 18.7 Å². The Hall–Kier alpha value is -2.76. The van der Waals surface area contributed by atoms with Crippen molar-refractivity contribution in [1.82, 2.24) is 14.5 Å². The Morgan fingerprint density at radius 3 is 2.75 bits per heavy atom. The van der Waals surface area contributed by atoms with Gasteiger partial charge in [0.1, 0.15) is 5.82 Å². The fourth-order valence-corrected chi connectivity index (χ4v) is 4.42. The lowest BCUT2D eigenvalue weighted by Gasteiger charge is -2.33. The fourth-order valence-electron chi connectivity index (χ4n) is 4.42. The first-order valence-electron chi connectivity index (χ1n) is 9.72. The van der Waals surface area contributed by atoms with Gasteiger partial charge in [-0.1, -0.05) is 0 Å². The molecule has 0 saturated heterocycles. The number of aromatic nitrogens is 3. The van der Waals surface area contributed by atoms with Gasteiger partial charge in [-0.05, 0) is 74.3 Å². The predicted molar refractivity (Wildman–Crippen MR) is 105 cm³/mol. The van der Waals surface area contributed by atoms with Gasteiger partial charge in [0.2, 0.25) is 0 Å². The highest BCUT2D eigenvalue weighted by atomic mass is 19.1. The number of esters is 1. The molecule has 1 atom stereocenters. The SMILES string of the molecule is COC(=O)c1cn(C(C)C2CCC(c3ccnc4ccc(F)cc34)CC2)cn1. The zero-order chi connectivity index (χ0) is 19.7. The molecule has 0 radical (unpaired) electrons. The third-order valence-electron chi connectivity index (χ3n) is 6.10. The molecule has 0 N–H and O–H groups in total. The van der Waals surface area contributed by atoms with Crippen molar-refractivity contribution in [2.45, 2.75) is 44.6 Å². The molecule has 146 valence electrons. The van der Waals surface area contributed by atoms with Gasteiger partial charge in [-0.15, -0.1) is 0 Å². The molecule has 2 aromatic heterocycles. The van der Waals surface area contributed by atoms with Crippen LogP contribution in [0.25, 0.3) is 10.9 Å². The minimum atomic E-state index is -0.411. The lowest BCUT2D eigenvalue weighted by atomic mass is 9.75. The average molecular weight is 381 g/mol. The number of nitrogens with zero attached hydrogens (tertiary/aromatic N) is 3. The summed E-state index contributed by atoms with van der Waals surface area (Å²) in [7, 11) is 1.36. The van der Waals surface area contributed by atoms with Crippen molar-refractivity contribution in [2.24, 2.45) is 5.92 Å². The van der Waals surface area contributed by atoms with E-state index in [1.807, 2.05) is 16.8 Å². The van der Waals surface area contributed by atoms with Gasteiger partial charge in [0.05, 0.1) is 19.0 Å². The van der Waals surface area contributed by atoms with Crippen molar-refractivity contribution in [3.63, 3.8) is 0 Å². The Bertz CT molecular complexity index is 992. The van der Waals surface area contributed by atoms with E-state index in [1.54, 1.807) is 24.7 Å². The summed E-state index contributed by atoms with van der Waals surface area (Å²) in [6.07, 6.45) is 9.58. The largest absolute Gasteiger partial charge is 0.464 e. The molecule has 0 spiro atoms. The summed E-state index contributed by atoms with van der Waals surface area (Å²) in [6, 6.07) is 7.12. The molecular weight excluding hydrogens is 357 g/mol. The lowest BCUT2D eigenvalue weighted by Crippen LogP contribution is -2.21. The van der Waals surface area contributed by atoms with Crippen LogP contribution in [0.1, 0.15) is 60.6 Å². The summed E-state index contributed by atoms with van der Waals surface area (Å²) in [5.41, 5.74) is 2.39. The molecule has 0 bridgehead atoms. The van der Waals surface area contributed by atoms with Crippen molar-refractivity contribution in [2.75, 3.05) is 7.11 Å². The van der Waals surface area contributed by atoms with Gasteiger partial charge in [-0.25, -0.2) is 14.2 Å². The number of ether oxygens (including phenoxy) is 1. The van der Waals surface area contributed by atoms with Crippen molar-refractivity contribution >= 4 is 16.9 Å². The molecule has 1 aliphatic rings. The van der Waals surface area contributed by atoms with Gasteiger partial charge < -0.3 is 9.30 Å². The van der Waals surface area contributed by atoms with Crippen LogP contribution in [-0.2, 0) is 4.74 Å². The number of fused-ring (bicyclic) bond motifs is 1. The molecule has 1 saturated carbocycles. The highest BCUT2D eigenvalue weighted by molar-refractivity contribution is 5.86. The fraction of sp³-hybridized carbons (Fsp3) is 0.409. The molecule has 3 aromatic rings. The molecule has 0 amide bonds. The minimum absolute atomic E-state index is 0.217. The normalized spacial score (nSPS) is 20.8. The summed E-state index contributed by atoms with van der Waals surface area (Å²) in [5.74, 6) is 0.307. The number of rotatable bonds is 4. The maximum atomic E-state index is 13.8. The van der Waals surface area contributed by atoms with Crippen LogP contribution in [0.15, 0.2) is 43.0 Å². The van der Waals surface area contributed by atoms with Crippen molar-refractivity contribution in [1.29, 1.82) is 0 Å². The second-order valence-corrected chi connectivity index (χ2v) is 7.61. The number of benzene rings is 1. The van der Waals surface area contributed by atoms with Crippen molar-refractivity contribution in [3.05, 3.63) is 60.1 Å². The number of methoxy groups -OCH3 is 1. The highest BCUT2D eigenvalue weighted by Gasteiger charge is 2.28. The second kappa shape index (κ2) is 7.70. The van der Waals surface area contributed by atoms with Crippen molar-refractivity contribution in [3.8, 4) is 0 Å². The molecule has 2 heterocycles. The molecule has 1 aliphatic carbocycles. The first kappa shape index (κ1) is 18.6. The van der Waals surface area contributed by atoms with Crippen LogP contribution >= 0.6 is 0 Å². The molecule has 1 unspecified atom stereocenters. The number of halogens is 1. The Balaban J connectivity index is 1.47. The van der Waals surface area contributed by atoms with Crippen LogP contribution in [0, 0.1) is 11.7 Å². The molecule has 1 fully saturated rings. The molecule has 6 heteroatoms. The maximum Gasteiger partial charge on any atom is 0.358 e. The molecule has 1 aromatic carbocycles. The Morgan fingerprint density at radius 2 is 2.00 bits per heavy atom. The molecular formula is C22H24FN3O2.